The first kappa shape index (κ1) is 15.4. The predicted octanol–water partition coefficient (Wildman–Crippen LogP) is 5.72. The van der Waals surface area contributed by atoms with Gasteiger partial charge >= 0.3 is 0 Å². The number of aromatic amines is 1. The lowest BCUT2D eigenvalue weighted by molar-refractivity contribution is 0.221. The number of benzene rings is 2. The summed E-state index contributed by atoms with van der Waals surface area (Å²) in [6.07, 6.45) is 2.85. The van der Waals surface area contributed by atoms with Gasteiger partial charge in [0.2, 0.25) is 0 Å². The van der Waals surface area contributed by atoms with Crippen molar-refractivity contribution in [1.82, 2.24) is 4.98 Å². The Hall–Kier alpha value is -1.45. The Bertz CT molecular complexity index is 796. The SMILES string of the molecule is O[C@@H](c1ccc(Cl)cc1)c1c[nH]cc1-c1ccc(Cl)c(Cl)c1. The Morgan fingerprint density at radius 1 is 0.864 bits per heavy atom. The van der Waals surface area contributed by atoms with E-state index in [-0.39, 0.29) is 0 Å². The van der Waals surface area contributed by atoms with Gasteiger partial charge in [-0.3, -0.25) is 0 Å². The molecule has 1 aromatic heterocycles. The highest BCUT2D eigenvalue weighted by Crippen LogP contribution is 2.34. The predicted molar refractivity (Wildman–Crippen MR) is 91.8 cm³/mol. The highest BCUT2D eigenvalue weighted by molar-refractivity contribution is 6.42. The standard InChI is InChI=1S/C17H12Cl3NO/c18-12-4-1-10(2-5-12)17(22)14-9-21-8-13(14)11-3-6-15(19)16(20)7-11/h1-9,17,21-22H/t17-/m0/s1. The summed E-state index contributed by atoms with van der Waals surface area (Å²) in [5, 5.41) is 12.2. The molecule has 3 rings (SSSR count). The van der Waals surface area contributed by atoms with Crippen LogP contribution in [-0.4, -0.2) is 10.1 Å². The number of aliphatic hydroxyl groups excluding tert-OH is 1. The molecule has 1 atom stereocenters. The van der Waals surface area contributed by atoms with Gasteiger partial charge in [-0.25, -0.2) is 0 Å². The molecule has 22 heavy (non-hydrogen) atoms. The second-order valence-electron chi connectivity index (χ2n) is 4.91. The van der Waals surface area contributed by atoms with Gasteiger partial charge in [0.25, 0.3) is 0 Å². The lowest BCUT2D eigenvalue weighted by Crippen LogP contribution is -1.99. The summed E-state index contributed by atoms with van der Waals surface area (Å²) < 4.78 is 0. The maximum absolute atomic E-state index is 10.6. The fraction of sp³-hybridized carbons (Fsp3) is 0.0588. The zero-order valence-corrected chi connectivity index (χ0v) is 13.6. The van der Waals surface area contributed by atoms with Gasteiger partial charge in [-0.2, -0.15) is 0 Å². The topological polar surface area (TPSA) is 36.0 Å². The minimum Gasteiger partial charge on any atom is -0.384 e. The van der Waals surface area contributed by atoms with Crippen LogP contribution in [0.25, 0.3) is 11.1 Å². The second-order valence-corrected chi connectivity index (χ2v) is 6.16. The normalized spacial score (nSPS) is 12.4. The van der Waals surface area contributed by atoms with E-state index >= 15 is 0 Å². The van der Waals surface area contributed by atoms with Crippen molar-refractivity contribution in [2.75, 3.05) is 0 Å². The Labute approximate surface area is 143 Å². The number of H-pyrrole nitrogens is 1. The van der Waals surface area contributed by atoms with Crippen LogP contribution in [0.15, 0.2) is 54.9 Å². The maximum Gasteiger partial charge on any atom is 0.106 e. The maximum atomic E-state index is 10.6. The molecule has 0 aliphatic rings. The minimum absolute atomic E-state index is 0.479. The van der Waals surface area contributed by atoms with E-state index in [0.29, 0.717) is 15.1 Å². The van der Waals surface area contributed by atoms with Crippen molar-refractivity contribution in [3.63, 3.8) is 0 Å². The molecular weight excluding hydrogens is 341 g/mol. The van der Waals surface area contributed by atoms with E-state index in [2.05, 4.69) is 4.98 Å². The van der Waals surface area contributed by atoms with Crippen LogP contribution >= 0.6 is 34.8 Å². The average Bonchev–Trinajstić information content (AvgIpc) is 2.99. The van der Waals surface area contributed by atoms with Crippen molar-refractivity contribution in [1.29, 1.82) is 0 Å². The third-order valence-electron chi connectivity index (χ3n) is 3.49. The lowest BCUT2D eigenvalue weighted by Gasteiger charge is -2.13. The number of nitrogens with one attached hydrogen (secondary N) is 1. The number of hydrogen-bond acceptors (Lipinski definition) is 1. The Kier molecular flexibility index (Phi) is 4.46. The van der Waals surface area contributed by atoms with Crippen LogP contribution in [0.1, 0.15) is 17.2 Å². The molecule has 0 aliphatic carbocycles. The number of hydrogen-bond donors (Lipinski definition) is 2. The van der Waals surface area contributed by atoms with E-state index in [1.807, 2.05) is 12.3 Å². The molecule has 5 heteroatoms. The van der Waals surface area contributed by atoms with Crippen molar-refractivity contribution in [3.05, 3.63) is 81.1 Å². The number of rotatable bonds is 3. The molecule has 3 aromatic rings. The lowest BCUT2D eigenvalue weighted by atomic mass is 9.97. The Morgan fingerprint density at radius 2 is 1.59 bits per heavy atom. The fourth-order valence-corrected chi connectivity index (χ4v) is 2.76. The zero-order valence-electron chi connectivity index (χ0n) is 11.4. The van der Waals surface area contributed by atoms with E-state index in [1.54, 1.807) is 42.6 Å². The van der Waals surface area contributed by atoms with Crippen molar-refractivity contribution in [2.24, 2.45) is 0 Å². The van der Waals surface area contributed by atoms with Crippen LogP contribution in [0.2, 0.25) is 15.1 Å². The van der Waals surface area contributed by atoms with Crippen molar-refractivity contribution in [2.45, 2.75) is 6.10 Å². The van der Waals surface area contributed by atoms with Gasteiger partial charge in [-0.1, -0.05) is 53.0 Å². The third kappa shape index (κ3) is 3.01. The molecule has 2 N–H and O–H groups in total. The highest BCUT2D eigenvalue weighted by Gasteiger charge is 2.17. The van der Waals surface area contributed by atoms with Gasteiger partial charge in [0, 0.05) is 28.5 Å². The summed E-state index contributed by atoms with van der Waals surface area (Å²) in [6, 6.07) is 12.5. The first-order chi connectivity index (χ1) is 10.6. The molecule has 2 nitrogen and oxygen atoms in total. The molecule has 112 valence electrons. The van der Waals surface area contributed by atoms with Crippen LogP contribution < -0.4 is 0 Å². The summed E-state index contributed by atoms with van der Waals surface area (Å²) in [5.41, 5.74) is 3.30. The van der Waals surface area contributed by atoms with Crippen molar-refractivity contribution in [3.8, 4) is 11.1 Å². The monoisotopic (exact) mass is 351 g/mol. The van der Waals surface area contributed by atoms with Gasteiger partial charge in [0.1, 0.15) is 6.10 Å². The van der Waals surface area contributed by atoms with Gasteiger partial charge in [-0.05, 0) is 35.4 Å². The van der Waals surface area contributed by atoms with E-state index in [1.165, 1.54) is 0 Å². The molecule has 2 aromatic carbocycles. The van der Waals surface area contributed by atoms with Crippen LogP contribution in [0.4, 0.5) is 0 Å². The molecule has 0 fully saturated rings. The van der Waals surface area contributed by atoms with Gasteiger partial charge in [0.15, 0.2) is 0 Å². The Morgan fingerprint density at radius 3 is 2.27 bits per heavy atom. The average molecular weight is 353 g/mol. The largest absolute Gasteiger partial charge is 0.384 e. The van der Waals surface area contributed by atoms with Crippen LogP contribution in [-0.2, 0) is 0 Å². The quantitative estimate of drug-likeness (QED) is 0.621. The summed E-state index contributed by atoms with van der Waals surface area (Å²) in [4.78, 5) is 3.03. The zero-order chi connectivity index (χ0) is 15.7. The van der Waals surface area contributed by atoms with Crippen LogP contribution in [0.3, 0.4) is 0 Å². The highest BCUT2D eigenvalue weighted by atomic mass is 35.5. The van der Waals surface area contributed by atoms with Gasteiger partial charge in [0.05, 0.1) is 10.0 Å². The van der Waals surface area contributed by atoms with Gasteiger partial charge < -0.3 is 10.1 Å². The molecule has 0 radical (unpaired) electrons. The third-order valence-corrected chi connectivity index (χ3v) is 4.48. The first-order valence-electron chi connectivity index (χ1n) is 6.62. The molecule has 0 aliphatic heterocycles. The Balaban J connectivity index is 2.01. The van der Waals surface area contributed by atoms with E-state index in [9.17, 15) is 5.11 Å². The minimum atomic E-state index is -0.757. The summed E-state index contributed by atoms with van der Waals surface area (Å²) in [7, 11) is 0. The molecule has 0 bridgehead atoms. The number of aromatic nitrogens is 1. The fourth-order valence-electron chi connectivity index (χ4n) is 2.34. The van der Waals surface area contributed by atoms with Gasteiger partial charge in [-0.15, -0.1) is 0 Å². The van der Waals surface area contributed by atoms with E-state index in [0.717, 1.165) is 22.3 Å². The van der Waals surface area contributed by atoms with E-state index < -0.39 is 6.10 Å². The van der Waals surface area contributed by atoms with Crippen molar-refractivity contribution >= 4 is 34.8 Å². The summed E-state index contributed by atoms with van der Waals surface area (Å²) >= 11 is 17.9. The molecule has 0 spiro atoms. The van der Waals surface area contributed by atoms with E-state index in [4.69, 9.17) is 34.8 Å². The van der Waals surface area contributed by atoms with Crippen LogP contribution in [0.5, 0.6) is 0 Å². The molecule has 0 saturated carbocycles. The molecule has 0 saturated heterocycles. The smallest absolute Gasteiger partial charge is 0.106 e. The summed E-state index contributed by atoms with van der Waals surface area (Å²) in [5.74, 6) is 0. The van der Waals surface area contributed by atoms with Crippen LogP contribution in [0, 0.1) is 0 Å². The molecule has 1 heterocycles. The molecular formula is C17H12Cl3NO. The summed E-state index contributed by atoms with van der Waals surface area (Å²) in [6.45, 7) is 0. The van der Waals surface area contributed by atoms with Crippen molar-refractivity contribution < 1.29 is 5.11 Å². The number of halogens is 3. The molecule has 0 unspecified atom stereocenters. The molecule has 0 amide bonds. The first-order valence-corrected chi connectivity index (χ1v) is 7.75. The number of aliphatic hydroxyl groups is 1. The second kappa shape index (κ2) is 6.35.